The summed E-state index contributed by atoms with van der Waals surface area (Å²) in [7, 11) is -1.57. The topological polar surface area (TPSA) is 66.9 Å². The Kier molecular flexibility index (Phi) is 5.85. The first-order chi connectivity index (χ1) is 10.4. The fourth-order valence-electron chi connectivity index (χ4n) is 3.53. The van der Waals surface area contributed by atoms with Gasteiger partial charge in [-0.05, 0) is 39.0 Å². The van der Waals surface area contributed by atoms with Gasteiger partial charge in [-0.25, -0.2) is 12.7 Å². The van der Waals surface area contributed by atoms with Gasteiger partial charge in [-0.2, -0.15) is 0 Å². The predicted octanol–water partition coefficient (Wildman–Crippen LogP) is 1.07. The Hall–Kier alpha value is -0.660. The number of nitrogens with zero attached hydrogens (tertiary/aromatic N) is 2. The van der Waals surface area contributed by atoms with Gasteiger partial charge in [0.05, 0.1) is 11.9 Å². The number of carbonyl (C=O) groups is 1. The summed E-state index contributed by atoms with van der Waals surface area (Å²) in [5, 5.41) is -0.388. The van der Waals surface area contributed by atoms with Crippen LogP contribution in [0.15, 0.2) is 0 Å². The summed E-state index contributed by atoms with van der Waals surface area (Å²) in [6, 6.07) is 0.156. The molecule has 0 unspecified atom stereocenters. The lowest BCUT2D eigenvalue weighted by Gasteiger charge is -2.42. The van der Waals surface area contributed by atoms with E-state index in [9.17, 15) is 13.2 Å². The summed E-state index contributed by atoms with van der Waals surface area (Å²) < 4.78 is 31.5. The largest absolute Gasteiger partial charge is 0.383 e. The molecule has 7 heteroatoms. The van der Waals surface area contributed by atoms with Crippen LogP contribution < -0.4 is 0 Å². The minimum atomic E-state index is -3.21. The minimum absolute atomic E-state index is 0.156. The van der Waals surface area contributed by atoms with E-state index in [1.807, 2.05) is 4.90 Å². The molecule has 0 aromatic heterocycles. The van der Waals surface area contributed by atoms with Crippen LogP contribution in [0.2, 0.25) is 0 Å². The van der Waals surface area contributed by atoms with Gasteiger partial charge >= 0.3 is 0 Å². The molecule has 2 fully saturated rings. The fraction of sp³-hybridized carbons (Fsp3) is 0.933. The maximum absolute atomic E-state index is 12.4. The molecule has 2 atom stereocenters. The molecule has 2 aliphatic rings. The smallest absolute Gasteiger partial charge is 0.222 e. The van der Waals surface area contributed by atoms with Crippen LogP contribution in [-0.2, 0) is 19.6 Å². The van der Waals surface area contributed by atoms with Crippen molar-refractivity contribution in [1.82, 2.24) is 9.21 Å². The number of ether oxygens (including phenoxy) is 1. The third-order valence-corrected chi connectivity index (χ3v) is 7.08. The van der Waals surface area contributed by atoms with Crippen molar-refractivity contribution in [2.45, 2.75) is 50.8 Å². The number of methoxy groups -OCH3 is 1. The molecule has 6 nitrogen and oxygen atoms in total. The third-order valence-electron chi connectivity index (χ3n) is 4.83. The number of hydrogen-bond acceptors (Lipinski definition) is 4. The lowest BCUT2D eigenvalue weighted by molar-refractivity contribution is -0.135. The Morgan fingerprint density at radius 2 is 2.05 bits per heavy atom. The molecular formula is C15H28N2O4S. The van der Waals surface area contributed by atoms with Crippen LogP contribution in [0.25, 0.3) is 0 Å². The van der Waals surface area contributed by atoms with Gasteiger partial charge in [-0.15, -0.1) is 0 Å². The SMILES string of the molecule is COCCN1C(=O)CCC[C@H]2CN(S(=O)(=O)C(C)C)CC[C@H]21. The average Bonchev–Trinajstić information content (AvgIpc) is 2.63. The van der Waals surface area contributed by atoms with Crippen LogP contribution >= 0.6 is 0 Å². The number of fused-ring (bicyclic) bond motifs is 1. The van der Waals surface area contributed by atoms with E-state index in [2.05, 4.69) is 0 Å². The summed E-state index contributed by atoms with van der Waals surface area (Å²) in [6.07, 6.45) is 3.06. The highest BCUT2D eigenvalue weighted by molar-refractivity contribution is 7.89. The molecule has 0 bridgehead atoms. The quantitative estimate of drug-likeness (QED) is 0.755. The minimum Gasteiger partial charge on any atom is -0.383 e. The van der Waals surface area contributed by atoms with Crippen LogP contribution in [-0.4, -0.2) is 68.2 Å². The van der Waals surface area contributed by atoms with E-state index in [1.165, 1.54) is 0 Å². The maximum atomic E-state index is 12.4. The molecule has 22 heavy (non-hydrogen) atoms. The Balaban J connectivity index is 2.13. The molecule has 0 spiro atoms. The Morgan fingerprint density at radius 3 is 2.68 bits per heavy atom. The van der Waals surface area contributed by atoms with E-state index in [-0.39, 0.29) is 23.1 Å². The highest BCUT2D eigenvalue weighted by Gasteiger charge is 2.40. The zero-order valence-corrected chi connectivity index (χ0v) is 14.6. The predicted molar refractivity (Wildman–Crippen MR) is 85.0 cm³/mol. The summed E-state index contributed by atoms with van der Waals surface area (Å²) in [5.74, 6) is 0.426. The van der Waals surface area contributed by atoms with Crippen molar-refractivity contribution in [3.63, 3.8) is 0 Å². The standard InChI is InChI=1S/C15H28N2O4S/c1-12(2)22(19,20)16-8-7-14-13(11-16)5-4-6-15(18)17(14)9-10-21-3/h12-14H,4-11H2,1-3H3/t13-,14+/m0/s1. The number of amides is 1. The molecule has 0 N–H and O–H groups in total. The van der Waals surface area contributed by atoms with Crippen molar-refractivity contribution in [1.29, 1.82) is 0 Å². The molecular weight excluding hydrogens is 304 g/mol. The first kappa shape index (κ1) is 17.7. The lowest BCUT2D eigenvalue weighted by Crippen LogP contribution is -2.54. The molecule has 2 rings (SSSR count). The monoisotopic (exact) mass is 332 g/mol. The fourth-order valence-corrected chi connectivity index (χ4v) is 4.89. The molecule has 0 aromatic rings. The van der Waals surface area contributed by atoms with Gasteiger partial charge in [0.25, 0.3) is 0 Å². The van der Waals surface area contributed by atoms with Crippen LogP contribution in [0.1, 0.15) is 39.5 Å². The highest BCUT2D eigenvalue weighted by Crippen LogP contribution is 2.32. The first-order valence-corrected chi connectivity index (χ1v) is 9.65. The summed E-state index contributed by atoms with van der Waals surface area (Å²) >= 11 is 0. The molecule has 2 aliphatic heterocycles. The van der Waals surface area contributed by atoms with E-state index >= 15 is 0 Å². The van der Waals surface area contributed by atoms with E-state index < -0.39 is 10.0 Å². The van der Waals surface area contributed by atoms with E-state index in [0.717, 1.165) is 19.3 Å². The maximum Gasteiger partial charge on any atom is 0.222 e. The molecule has 1 amide bonds. The number of hydrogen-bond donors (Lipinski definition) is 0. The van der Waals surface area contributed by atoms with E-state index in [0.29, 0.717) is 32.7 Å². The van der Waals surface area contributed by atoms with Crippen LogP contribution in [0.3, 0.4) is 0 Å². The zero-order chi connectivity index (χ0) is 16.3. The zero-order valence-electron chi connectivity index (χ0n) is 13.8. The number of carbonyl (C=O) groups excluding carboxylic acids is 1. The number of rotatable bonds is 5. The molecule has 0 aliphatic carbocycles. The van der Waals surface area contributed by atoms with Gasteiger partial charge in [0, 0.05) is 39.2 Å². The molecule has 0 saturated carbocycles. The van der Waals surface area contributed by atoms with Gasteiger partial charge < -0.3 is 9.64 Å². The summed E-state index contributed by atoms with van der Waals surface area (Å²) in [4.78, 5) is 14.2. The number of likely N-dealkylation sites (tertiary alicyclic amines) is 1. The number of sulfonamides is 1. The second-order valence-corrected chi connectivity index (χ2v) is 9.03. The Labute approximate surface area is 133 Å². The van der Waals surface area contributed by atoms with Crippen LogP contribution in [0.4, 0.5) is 0 Å². The van der Waals surface area contributed by atoms with Gasteiger partial charge in [-0.1, -0.05) is 0 Å². The first-order valence-electron chi connectivity index (χ1n) is 8.15. The Morgan fingerprint density at radius 1 is 1.32 bits per heavy atom. The van der Waals surface area contributed by atoms with Crippen molar-refractivity contribution in [2.75, 3.05) is 33.4 Å². The molecule has 0 radical (unpaired) electrons. The van der Waals surface area contributed by atoms with Gasteiger partial charge in [-0.3, -0.25) is 4.79 Å². The highest BCUT2D eigenvalue weighted by atomic mass is 32.2. The second kappa shape index (κ2) is 7.27. The summed E-state index contributed by atoms with van der Waals surface area (Å²) in [5.41, 5.74) is 0. The third kappa shape index (κ3) is 3.63. The molecule has 128 valence electrons. The lowest BCUT2D eigenvalue weighted by atomic mass is 9.89. The van der Waals surface area contributed by atoms with E-state index in [1.54, 1.807) is 25.3 Å². The van der Waals surface area contributed by atoms with Crippen molar-refractivity contribution in [3.05, 3.63) is 0 Å². The summed E-state index contributed by atoms with van der Waals surface area (Å²) in [6.45, 7) is 5.64. The van der Waals surface area contributed by atoms with Crippen molar-refractivity contribution < 1.29 is 17.9 Å². The van der Waals surface area contributed by atoms with Gasteiger partial charge in [0.15, 0.2) is 0 Å². The normalized spacial score (nSPS) is 27.8. The van der Waals surface area contributed by atoms with Crippen molar-refractivity contribution in [2.24, 2.45) is 5.92 Å². The number of piperidine rings is 1. The van der Waals surface area contributed by atoms with Gasteiger partial charge in [0.1, 0.15) is 0 Å². The van der Waals surface area contributed by atoms with Gasteiger partial charge in [0.2, 0.25) is 15.9 Å². The van der Waals surface area contributed by atoms with Crippen LogP contribution in [0.5, 0.6) is 0 Å². The average molecular weight is 332 g/mol. The van der Waals surface area contributed by atoms with E-state index in [4.69, 9.17) is 4.74 Å². The van der Waals surface area contributed by atoms with Crippen LogP contribution in [0, 0.1) is 5.92 Å². The molecule has 2 heterocycles. The van der Waals surface area contributed by atoms with Crippen molar-refractivity contribution in [3.8, 4) is 0 Å². The molecule has 2 saturated heterocycles. The second-order valence-electron chi connectivity index (χ2n) is 6.54. The van der Waals surface area contributed by atoms with Crippen molar-refractivity contribution >= 4 is 15.9 Å². The Bertz CT molecular complexity index is 492. The molecule has 0 aromatic carbocycles.